The molecule has 2 heterocycles. The number of nitrogens with one attached hydrogen (secondary N) is 1. The first-order chi connectivity index (χ1) is 11.8. The fourth-order valence-electron chi connectivity index (χ4n) is 3.10. The highest BCUT2D eigenvalue weighted by atomic mass is 32.2. The maximum atomic E-state index is 12.3. The Hall–Kier alpha value is -2.09. The molecule has 25 heavy (non-hydrogen) atoms. The van der Waals surface area contributed by atoms with E-state index in [0.29, 0.717) is 36.7 Å². The zero-order valence-corrected chi connectivity index (χ0v) is 14.9. The monoisotopic (exact) mass is 367 g/mol. The summed E-state index contributed by atoms with van der Waals surface area (Å²) in [4.78, 5) is 24.4. The molecule has 8 heteroatoms. The summed E-state index contributed by atoms with van der Waals surface area (Å²) >= 11 is 0. The summed E-state index contributed by atoms with van der Waals surface area (Å²) in [6.07, 6.45) is 0.467. The third-order valence-corrected chi connectivity index (χ3v) is 6.29. The Morgan fingerprint density at radius 2 is 1.88 bits per heavy atom. The lowest BCUT2D eigenvalue weighted by Crippen LogP contribution is -2.46. The highest BCUT2D eigenvalue weighted by Crippen LogP contribution is 2.31. The van der Waals surface area contributed by atoms with Gasteiger partial charge in [0.25, 0.3) is 0 Å². The zero-order valence-electron chi connectivity index (χ0n) is 14.0. The van der Waals surface area contributed by atoms with Crippen molar-refractivity contribution < 1.29 is 27.5 Å². The Morgan fingerprint density at radius 1 is 1.16 bits per heavy atom. The van der Waals surface area contributed by atoms with E-state index in [1.807, 2.05) is 0 Å². The van der Waals surface area contributed by atoms with E-state index in [-0.39, 0.29) is 36.0 Å². The van der Waals surface area contributed by atoms with E-state index >= 15 is 0 Å². The second kappa shape index (κ2) is 6.67. The third-order valence-electron chi connectivity index (χ3n) is 4.39. The summed E-state index contributed by atoms with van der Waals surface area (Å²) in [6.45, 7) is 2.64. The number of ketones is 1. The van der Waals surface area contributed by atoms with E-state index in [0.717, 1.165) is 0 Å². The topological polar surface area (TPSA) is 98.8 Å². The van der Waals surface area contributed by atoms with Crippen LogP contribution < -0.4 is 14.8 Å². The minimum absolute atomic E-state index is 0.0168. The summed E-state index contributed by atoms with van der Waals surface area (Å²) < 4.78 is 34.0. The maximum Gasteiger partial charge on any atom is 0.220 e. The van der Waals surface area contributed by atoms with Gasteiger partial charge in [-0.25, -0.2) is 8.42 Å². The molecule has 7 nitrogen and oxygen atoms in total. The first-order valence-corrected chi connectivity index (χ1v) is 10.0. The van der Waals surface area contributed by atoms with Gasteiger partial charge in [-0.15, -0.1) is 0 Å². The van der Waals surface area contributed by atoms with Crippen LogP contribution in [0.5, 0.6) is 11.5 Å². The molecule has 1 aromatic rings. The lowest BCUT2D eigenvalue weighted by Gasteiger charge is -2.23. The van der Waals surface area contributed by atoms with Gasteiger partial charge in [0.2, 0.25) is 5.91 Å². The lowest BCUT2D eigenvalue weighted by atomic mass is 10.0. The van der Waals surface area contributed by atoms with Crippen molar-refractivity contribution in [1.82, 2.24) is 5.32 Å². The Bertz CT molecular complexity index is 803. The molecule has 2 aliphatic heterocycles. The smallest absolute Gasteiger partial charge is 0.220 e. The normalized spacial score (nSPS) is 23.9. The second-order valence-corrected chi connectivity index (χ2v) is 8.92. The van der Waals surface area contributed by atoms with E-state index in [1.54, 1.807) is 25.1 Å². The molecule has 1 aromatic carbocycles. The number of amides is 1. The fourth-order valence-corrected chi connectivity index (χ4v) is 5.19. The van der Waals surface area contributed by atoms with Crippen molar-refractivity contribution in [2.24, 2.45) is 0 Å². The molecule has 1 saturated heterocycles. The van der Waals surface area contributed by atoms with Crippen LogP contribution in [-0.4, -0.2) is 50.4 Å². The van der Waals surface area contributed by atoms with Crippen molar-refractivity contribution in [3.05, 3.63) is 23.8 Å². The predicted molar refractivity (Wildman–Crippen MR) is 90.8 cm³/mol. The van der Waals surface area contributed by atoms with Crippen LogP contribution in [0.15, 0.2) is 18.2 Å². The van der Waals surface area contributed by atoms with Crippen molar-refractivity contribution in [2.75, 3.05) is 24.7 Å². The Balaban J connectivity index is 1.54. The van der Waals surface area contributed by atoms with Gasteiger partial charge in [-0.05, 0) is 31.5 Å². The van der Waals surface area contributed by atoms with Crippen LogP contribution in [0.4, 0.5) is 0 Å². The summed E-state index contributed by atoms with van der Waals surface area (Å²) in [6, 6.07) is 4.96. The minimum Gasteiger partial charge on any atom is -0.486 e. The summed E-state index contributed by atoms with van der Waals surface area (Å²) in [5.74, 6) is 0.685. The van der Waals surface area contributed by atoms with E-state index in [2.05, 4.69) is 5.32 Å². The lowest BCUT2D eigenvalue weighted by molar-refractivity contribution is -0.122. The molecular weight excluding hydrogens is 346 g/mol. The van der Waals surface area contributed by atoms with Crippen molar-refractivity contribution in [1.29, 1.82) is 0 Å². The average Bonchev–Trinajstić information content (AvgIpc) is 2.85. The molecule has 3 rings (SSSR count). The number of fused-ring (bicyclic) bond motifs is 1. The van der Waals surface area contributed by atoms with Crippen molar-refractivity contribution in [3.63, 3.8) is 0 Å². The van der Waals surface area contributed by atoms with Crippen LogP contribution in [0.1, 0.15) is 36.5 Å². The number of carbonyl (C=O) groups excluding carboxylic acids is 2. The van der Waals surface area contributed by atoms with Gasteiger partial charge in [-0.1, -0.05) is 0 Å². The SMILES string of the molecule is C[C@@]1(NC(=O)CCC(=O)c2ccc3c(c2)OCCO3)CCS(=O)(=O)C1. The summed E-state index contributed by atoms with van der Waals surface area (Å²) in [5, 5.41) is 2.75. The van der Waals surface area contributed by atoms with Gasteiger partial charge in [0.05, 0.1) is 17.0 Å². The fraction of sp³-hybridized carbons (Fsp3) is 0.529. The Labute approximate surface area is 146 Å². The van der Waals surface area contributed by atoms with Crippen LogP contribution in [-0.2, 0) is 14.6 Å². The van der Waals surface area contributed by atoms with Gasteiger partial charge in [0.1, 0.15) is 13.2 Å². The number of benzene rings is 1. The molecule has 0 saturated carbocycles. The molecule has 0 aromatic heterocycles. The molecule has 136 valence electrons. The first-order valence-electron chi connectivity index (χ1n) is 8.21. The third kappa shape index (κ3) is 4.31. The van der Waals surface area contributed by atoms with E-state index in [9.17, 15) is 18.0 Å². The number of rotatable bonds is 5. The number of Topliss-reactive ketones (excluding diaryl/α,β-unsaturated/α-hetero) is 1. The van der Waals surface area contributed by atoms with Crippen LogP contribution in [0.3, 0.4) is 0 Å². The molecular formula is C17H21NO6S. The number of carbonyl (C=O) groups is 2. The molecule has 0 bridgehead atoms. The predicted octanol–water partition coefficient (Wildman–Crippen LogP) is 1.11. The average molecular weight is 367 g/mol. The van der Waals surface area contributed by atoms with Crippen molar-refractivity contribution in [2.45, 2.75) is 31.7 Å². The van der Waals surface area contributed by atoms with Crippen LogP contribution in [0.2, 0.25) is 0 Å². The maximum absolute atomic E-state index is 12.3. The van der Waals surface area contributed by atoms with Gasteiger partial charge in [-0.3, -0.25) is 9.59 Å². The van der Waals surface area contributed by atoms with Gasteiger partial charge >= 0.3 is 0 Å². The van der Waals surface area contributed by atoms with E-state index in [1.165, 1.54) is 0 Å². The van der Waals surface area contributed by atoms with Gasteiger partial charge in [0, 0.05) is 18.4 Å². The Kier molecular flexibility index (Phi) is 4.73. The standard InChI is InChI=1S/C17H21NO6S/c1-17(6-9-25(21,22)11-17)18-16(20)5-3-13(19)12-2-4-14-15(10-12)24-8-7-23-14/h2,4,10H,3,5-9,11H2,1H3,(H,18,20)/t17-/m1/s1. The molecule has 1 fully saturated rings. The van der Waals surface area contributed by atoms with E-state index < -0.39 is 15.4 Å². The van der Waals surface area contributed by atoms with Crippen molar-refractivity contribution in [3.8, 4) is 11.5 Å². The van der Waals surface area contributed by atoms with Gasteiger partial charge in [-0.2, -0.15) is 0 Å². The Morgan fingerprint density at radius 3 is 2.56 bits per heavy atom. The molecule has 0 unspecified atom stereocenters. The van der Waals surface area contributed by atoms with Gasteiger partial charge in [0.15, 0.2) is 27.1 Å². The summed E-state index contributed by atoms with van der Waals surface area (Å²) in [7, 11) is -3.09. The molecule has 1 atom stereocenters. The minimum atomic E-state index is -3.09. The van der Waals surface area contributed by atoms with Crippen LogP contribution in [0, 0.1) is 0 Å². The number of hydrogen-bond donors (Lipinski definition) is 1. The molecule has 1 amide bonds. The molecule has 0 spiro atoms. The largest absolute Gasteiger partial charge is 0.486 e. The zero-order chi connectivity index (χ0) is 18.1. The van der Waals surface area contributed by atoms with E-state index in [4.69, 9.17) is 9.47 Å². The second-order valence-electron chi connectivity index (χ2n) is 6.73. The number of hydrogen-bond acceptors (Lipinski definition) is 6. The molecule has 0 radical (unpaired) electrons. The van der Waals surface area contributed by atoms with Crippen LogP contribution in [0.25, 0.3) is 0 Å². The molecule has 0 aliphatic carbocycles. The van der Waals surface area contributed by atoms with Crippen LogP contribution >= 0.6 is 0 Å². The summed E-state index contributed by atoms with van der Waals surface area (Å²) in [5.41, 5.74) is -0.276. The first kappa shape index (κ1) is 17.7. The van der Waals surface area contributed by atoms with Gasteiger partial charge < -0.3 is 14.8 Å². The van der Waals surface area contributed by atoms with Crippen molar-refractivity contribution >= 4 is 21.5 Å². The highest BCUT2D eigenvalue weighted by Gasteiger charge is 2.39. The molecule has 2 aliphatic rings. The number of sulfone groups is 1. The molecule has 1 N–H and O–H groups in total. The quantitative estimate of drug-likeness (QED) is 0.783. The number of ether oxygens (including phenoxy) is 2. The highest BCUT2D eigenvalue weighted by molar-refractivity contribution is 7.91.